The SMILES string of the molecule is CCCNC(=O)[C@@H](C)N(Cc1ccc(Cl)cc1Cl)C(=O)CCN1C(=O)c2ccccc2S1(=O)=O. The van der Waals surface area contributed by atoms with Crippen LogP contribution >= 0.6 is 23.2 Å². The number of amides is 3. The van der Waals surface area contributed by atoms with Crippen LogP contribution in [0.3, 0.4) is 0 Å². The van der Waals surface area contributed by atoms with E-state index in [-0.39, 0.29) is 35.9 Å². The van der Waals surface area contributed by atoms with Crippen molar-refractivity contribution in [3.63, 3.8) is 0 Å². The number of hydrogen-bond donors (Lipinski definition) is 1. The lowest BCUT2D eigenvalue weighted by atomic mass is 10.1. The molecule has 182 valence electrons. The summed E-state index contributed by atoms with van der Waals surface area (Å²) < 4.78 is 26.3. The molecule has 0 bridgehead atoms. The number of nitrogens with one attached hydrogen (secondary N) is 1. The first-order chi connectivity index (χ1) is 16.1. The van der Waals surface area contributed by atoms with Gasteiger partial charge in [0, 0.05) is 36.1 Å². The number of carbonyl (C=O) groups excluding carboxylic acids is 3. The van der Waals surface area contributed by atoms with E-state index < -0.39 is 27.9 Å². The molecule has 1 N–H and O–H groups in total. The van der Waals surface area contributed by atoms with Crippen LogP contribution in [0.1, 0.15) is 42.6 Å². The summed E-state index contributed by atoms with van der Waals surface area (Å²) in [4.78, 5) is 39.7. The van der Waals surface area contributed by atoms with Crippen LogP contribution in [0.25, 0.3) is 0 Å². The molecule has 1 aliphatic rings. The average molecular weight is 526 g/mol. The van der Waals surface area contributed by atoms with E-state index in [2.05, 4.69) is 5.32 Å². The number of hydrogen-bond acceptors (Lipinski definition) is 5. The van der Waals surface area contributed by atoms with Gasteiger partial charge in [-0.25, -0.2) is 12.7 Å². The third-order valence-electron chi connectivity index (χ3n) is 5.51. The van der Waals surface area contributed by atoms with Gasteiger partial charge >= 0.3 is 0 Å². The van der Waals surface area contributed by atoms with E-state index in [1.54, 1.807) is 25.1 Å². The Balaban J connectivity index is 1.81. The number of fused-ring (bicyclic) bond motifs is 1. The Morgan fingerprint density at radius 3 is 2.50 bits per heavy atom. The molecular formula is C23H25Cl2N3O5S. The molecule has 0 saturated heterocycles. The Labute approximate surface area is 208 Å². The van der Waals surface area contributed by atoms with Gasteiger partial charge in [-0.2, -0.15) is 0 Å². The highest BCUT2D eigenvalue weighted by Gasteiger charge is 2.41. The summed E-state index contributed by atoms with van der Waals surface area (Å²) in [5, 5.41) is 3.52. The zero-order chi connectivity index (χ0) is 25.0. The molecule has 34 heavy (non-hydrogen) atoms. The predicted octanol–water partition coefficient (Wildman–Crippen LogP) is 3.47. The van der Waals surface area contributed by atoms with E-state index in [0.717, 1.165) is 6.42 Å². The molecule has 3 rings (SSSR count). The highest BCUT2D eigenvalue weighted by atomic mass is 35.5. The number of sulfonamides is 1. The maximum absolute atomic E-state index is 13.2. The van der Waals surface area contributed by atoms with Crippen molar-refractivity contribution in [1.82, 2.24) is 14.5 Å². The molecule has 2 aromatic carbocycles. The molecule has 1 aliphatic heterocycles. The molecule has 11 heteroatoms. The smallest absolute Gasteiger partial charge is 0.269 e. The second kappa shape index (κ2) is 10.8. The Morgan fingerprint density at radius 2 is 1.85 bits per heavy atom. The fraction of sp³-hybridized carbons (Fsp3) is 0.348. The zero-order valence-electron chi connectivity index (χ0n) is 18.8. The highest BCUT2D eigenvalue weighted by molar-refractivity contribution is 7.90. The zero-order valence-corrected chi connectivity index (χ0v) is 21.1. The van der Waals surface area contributed by atoms with E-state index >= 15 is 0 Å². The number of rotatable bonds is 9. The monoisotopic (exact) mass is 525 g/mol. The minimum Gasteiger partial charge on any atom is -0.354 e. The van der Waals surface area contributed by atoms with Crippen LogP contribution in [0.15, 0.2) is 47.4 Å². The molecule has 3 amide bonds. The fourth-order valence-electron chi connectivity index (χ4n) is 3.60. The normalized spacial score (nSPS) is 15.1. The second-order valence-electron chi connectivity index (χ2n) is 7.85. The lowest BCUT2D eigenvalue weighted by molar-refractivity contribution is -0.140. The van der Waals surface area contributed by atoms with Crippen molar-refractivity contribution in [3.8, 4) is 0 Å². The molecule has 2 aromatic rings. The van der Waals surface area contributed by atoms with Crippen molar-refractivity contribution >= 4 is 50.9 Å². The number of carbonyl (C=O) groups is 3. The van der Waals surface area contributed by atoms with Gasteiger partial charge in [-0.15, -0.1) is 0 Å². The van der Waals surface area contributed by atoms with E-state index in [4.69, 9.17) is 23.2 Å². The number of nitrogens with zero attached hydrogens (tertiary/aromatic N) is 2. The fourth-order valence-corrected chi connectivity index (χ4v) is 5.64. The summed E-state index contributed by atoms with van der Waals surface area (Å²) >= 11 is 12.2. The standard InChI is InChI=1S/C23H25Cl2N3O5S/c1-3-11-26-22(30)15(2)27(14-16-8-9-17(24)13-19(16)25)21(29)10-12-28-23(31)18-6-4-5-7-20(18)34(28,32)33/h4-9,13,15H,3,10-12,14H2,1-2H3,(H,26,30)/t15-/m1/s1. The summed E-state index contributed by atoms with van der Waals surface area (Å²) in [7, 11) is -4.04. The van der Waals surface area contributed by atoms with Gasteiger partial charge in [-0.05, 0) is 43.2 Å². The minimum atomic E-state index is -4.04. The van der Waals surface area contributed by atoms with Crippen LogP contribution in [0.2, 0.25) is 10.0 Å². The van der Waals surface area contributed by atoms with Crippen LogP contribution in [-0.4, -0.2) is 54.5 Å². The topological polar surface area (TPSA) is 104 Å². The number of benzene rings is 2. The van der Waals surface area contributed by atoms with Crippen molar-refractivity contribution in [1.29, 1.82) is 0 Å². The van der Waals surface area contributed by atoms with E-state index in [9.17, 15) is 22.8 Å². The van der Waals surface area contributed by atoms with E-state index in [0.29, 0.717) is 26.5 Å². The maximum atomic E-state index is 13.2. The third kappa shape index (κ3) is 5.37. The average Bonchev–Trinajstić information content (AvgIpc) is 3.00. The molecule has 1 atom stereocenters. The lowest BCUT2D eigenvalue weighted by Gasteiger charge is -2.29. The first-order valence-electron chi connectivity index (χ1n) is 10.7. The summed E-state index contributed by atoms with van der Waals surface area (Å²) in [5.74, 6) is -1.52. The summed E-state index contributed by atoms with van der Waals surface area (Å²) in [6, 6.07) is 9.88. The summed E-state index contributed by atoms with van der Waals surface area (Å²) in [6.07, 6.45) is 0.431. The predicted molar refractivity (Wildman–Crippen MR) is 129 cm³/mol. The van der Waals surface area contributed by atoms with Gasteiger partial charge in [0.15, 0.2) is 0 Å². The molecule has 0 spiro atoms. The van der Waals surface area contributed by atoms with E-state index in [1.807, 2.05) is 6.92 Å². The second-order valence-corrected chi connectivity index (χ2v) is 10.5. The van der Waals surface area contributed by atoms with Crippen molar-refractivity contribution < 1.29 is 22.8 Å². The number of halogens is 2. The van der Waals surface area contributed by atoms with Gasteiger partial charge < -0.3 is 10.2 Å². The molecule has 0 fully saturated rings. The summed E-state index contributed by atoms with van der Waals surface area (Å²) in [5.41, 5.74) is 0.652. The Bertz CT molecular complexity index is 1220. The van der Waals surface area contributed by atoms with E-state index in [1.165, 1.54) is 29.2 Å². The van der Waals surface area contributed by atoms with Gasteiger partial charge in [0.25, 0.3) is 15.9 Å². The quantitative estimate of drug-likeness (QED) is 0.539. The van der Waals surface area contributed by atoms with Gasteiger partial charge in [-0.1, -0.05) is 48.3 Å². The molecular weight excluding hydrogens is 501 g/mol. The maximum Gasteiger partial charge on any atom is 0.269 e. The first kappa shape index (κ1) is 26.0. The molecule has 0 radical (unpaired) electrons. The molecule has 0 aliphatic carbocycles. The molecule has 1 heterocycles. The minimum absolute atomic E-state index is 0.0104. The first-order valence-corrected chi connectivity index (χ1v) is 12.9. The Morgan fingerprint density at radius 1 is 1.15 bits per heavy atom. The lowest BCUT2D eigenvalue weighted by Crippen LogP contribution is -2.48. The summed E-state index contributed by atoms with van der Waals surface area (Å²) in [6.45, 7) is 3.61. The molecule has 0 aromatic heterocycles. The largest absolute Gasteiger partial charge is 0.354 e. The molecule has 0 unspecified atom stereocenters. The van der Waals surface area contributed by atoms with Crippen LogP contribution in [0, 0.1) is 0 Å². The van der Waals surface area contributed by atoms with Crippen LogP contribution in [-0.2, 0) is 26.2 Å². The van der Waals surface area contributed by atoms with Gasteiger partial charge in [0.2, 0.25) is 11.8 Å². The third-order valence-corrected chi connectivity index (χ3v) is 7.94. The molecule has 8 nitrogen and oxygen atoms in total. The van der Waals surface area contributed by atoms with Crippen molar-refractivity contribution in [2.75, 3.05) is 13.1 Å². The Hall–Kier alpha value is -2.62. The van der Waals surface area contributed by atoms with Gasteiger partial charge in [-0.3, -0.25) is 14.4 Å². The van der Waals surface area contributed by atoms with Crippen LogP contribution in [0.4, 0.5) is 0 Å². The van der Waals surface area contributed by atoms with Crippen molar-refractivity contribution in [2.24, 2.45) is 0 Å². The molecule has 0 saturated carbocycles. The van der Waals surface area contributed by atoms with Crippen LogP contribution in [0.5, 0.6) is 0 Å². The Kier molecular flexibility index (Phi) is 8.22. The van der Waals surface area contributed by atoms with Crippen molar-refractivity contribution in [2.45, 2.75) is 44.2 Å². The van der Waals surface area contributed by atoms with Gasteiger partial charge in [0.1, 0.15) is 10.9 Å². The highest BCUT2D eigenvalue weighted by Crippen LogP contribution is 2.30. The van der Waals surface area contributed by atoms with Gasteiger partial charge in [0.05, 0.1) is 5.56 Å². The van der Waals surface area contributed by atoms with Crippen molar-refractivity contribution in [3.05, 3.63) is 63.6 Å². The van der Waals surface area contributed by atoms with Crippen LogP contribution < -0.4 is 5.32 Å².